The van der Waals surface area contributed by atoms with Crippen molar-refractivity contribution in [2.75, 3.05) is 0 Å². The lowest BCUT2D eigenvalue weighted by molar-refractivity contribution is 0.0465. The summed E-state index contributed by atoms with van der Waals surface area (Å²) in [5, 5.41) is 1.13. The van der Waals surface area contributed by atoms with Gasteiger partial charge in [0.1, 0.15) is 12.3 Å². The highest BCUT2D eigenvalue weighted by Crippen LogP contribution is 2.25. The number of aromatic amines is 1. The maximum atomic E-state index is 12.7. The maximum absolute atomic E-state index is 12.7. The van der Waals surface area contributed by atoms with E-state index >= 15 is 0 Å². The molecule has 25 heavy (non-hydrogen) atoms. The third kappa shape index (κ3) is 4.11. The molecule has 3 heteroatoms. The molecule has 3 aromatic rings. The van der Waals surface area contributed by atoms with Crippen LogP contribution in [0.15, 0.2) is 48.5 Å². The monoisotopic (exact) mass is 335 g/mol. The third-order valence-corrected chi connectivity index (χ3v) is 4.54. The lowest BCUT2D eigenvalue weighted by Gasteiger charge is -2.07. The van der Waals surface area contributed by atoms with Crippen molar-refractivity contribution in [2.24, 2.45) is 0 Å². The number of aryl methyl sites for hydroxylation is 2. The Balaban J connectivity index is 1.79. The second kappa shape index (κ2) is 8.02. The summed E-state index contributed by atoms with van der Waals surface area (Å²) in [6.45, 7) is 4.53. The summed E-state index contributed by atoms with van der Waals surface area (Å²) in [5.41, 5.74) is 4.88. The highest BCUT2D eigenvalue weighted by molar-refractivity contribution is 5.98. The van der Waals surface area contributed by atoms with Gasteiger partial charge in [-0.3, -0.25) is 0 Å². The number of H-pyrrole nitrogens is 1. The zero-order chi connectivity index (χ0) is 17.6. The summed E-state index contributed by atoms with van der Waals surface area (Å²) in [5.74, 6) is -0.275. The van der Waals surface area contributed by atoms with Gasteiger partial charge in [-0.15, -0.1) is 0 Å². The predicted octanol–water partition coefficient (Wildman–Crippen LogP) is 5.57. The van der Waals surface area contributed by atoms with Crippen molar-refractivity contribution in [1.29, 1.82) is 0 Å². The second-order valence-corrected chi connectivity index (χ2v) is 6.54. The standard InChI is InChI=1S/C22H25NO2/c1-3-4-5-9-19-18-8-6-7-10-20(18)23-21(19)22(24)25-15-17-13-11-16(2)12-14-17/h6-8,10-14,23H,3-5,9,15H2,1-2H3. The second-order valence-electron chi connectivity index (χ2n) is 6.54. The molecule has 3 nitrogen and oxygen atoms in total. The fourth-order valence-corrected chi connectivity index (χ4v) is 3.09. The topological polar surface area (TPSA) is 42.1 Å². The third-order valence-electron chi connectivity index (χ3n) is 4.54. The van der Waals surface area contributed by atoms with E-state index in [0.717, 1.165) is 47.7 Å². The number of para-hydroxylation sites is 1. The van der Waals surface area contributed by atoms with Crippen LogP contribution in [0.25, 0.3) is 10.9 Å². The highest BCUT2D eigenvalue weighted by Gasteiger charge is 2.18. The number of nitrogens with one attached hydrogen (secondary N) is 1. The van der Waals surface area contributed by atoms with E-state index in [1.165, 1.54) is 5.56 Å². The van der Waals surface area contributed by atoms with Crippen LogP contribution in [-0.2, 0) is 17.8 Å². The number of ether oxygens (including phenoxy) is 1. The van der Waals surface area contributed by atoms with Crippen LogP contribution in [0.5, 0.6) is 0 Å². The van der Waals surface area contributed by atoms with Gasteiger partial charge in [0.25, 0.3) is 0 Å². The van der Waals surface area contributed by atoms with Crippen LogP contribution in [-0.4, -0.2) is 11.0 Å². The lowest BCUT2D eigenvalue weighted by atomic mass is 10.0. The molecular weight excluding hydrogens is 310 g/mol. The first-order chi connectivity index (χ1) is 12.2. The Kier molecular flexibility index (Phi) is 5.54. The summed E-state index contributed by atoms with van der Waals surface area (Å²) >= 11 is 0. The number of hydrogen-bond donors (Lipinski definition) is 1. The van der Waals surface area contributed by atoms with Gasteiger partial charge in [-0.25, -0.2) is 4.79 Å². The molecule has 0 bridgehead atoms. The molecule has 3 rings (SSSR count). The molecule has 0 saturated heterocycles. The molecule has 0 atom stereocenters. The first-order valence-corrected chi connectivity index (χ1v) is 9.01. The molecule has 0 spiro atoms. The number of carbonyl (C=O) groups is 1. The minimum absolute atomic E-state index is 0.275. The van der Waals surface area contributed by atoms with Gasteiger partial charge >= 0.3 is 5.97 Å². The van der Waals surface area contributed by atoms with E-state index in [0.29, 0.717) is 12.3 Å². The molecule has 130 valence electrons. The van der Waals surface area contributed by atoms with E-state index in [9.17, 15) is 4.79 Å². The van der Waals surface area contributed by atoms with Gasteiger partial charge in [-0.1, -0.05) is 67.8 Å². The highest BCUT2D eigenvalue weighted by atomic mass is 16.5. The molecular formula is C22H25NO2. The molecule has 0 aliphatic carbocycles. The molecule has 0 radical (unpaired) electrons. The van der Waals surface area contributed by atoms with Gasteiger partial charge in [-0.2, -0.15) is 0 Å². The molecule has 2 aromatic carbocycles. The Morgan fingerprint density at radius 1 is 1.04 bits per heavy atom. The van der Waals surface area contributed by atoms with Crippen molar-refractivity contribution in [3.63, 3.8) is 0 Å². The fraction of sp³-hybridized carbons (Fsp3) is 0.318. The van der Waals surface area contributed by atoms with Crippen molar-refractivity contribution >= 4 is 16.9 Å². The summed E-state index contributed by atoms with van der Waals surface area (Å²) in [4.78, 5) is 15.9. The number of esters is 1. The van der Waals surface area contributed by atoms with Crippen molar-refractivity contribution in [2.45, 2.75) is 46.1 Å². The number of benzene rings is 2. The molecule has 0 amide bonds. The van der Waals surface area contributed by atoms with Crippen molar-refractivity contribution in [3.8, 4) is 0 Å². The fourth-order valence-electron chi connectivity index (χ4n) is 3.09. The Labute approximate surface area is 149 Å². The molecule has 0 aliphatic heterocycles. The van der Waals surface area contributed by atoms with Gasteiger partial charge in [-0.05, 0) is 37.0 Å². The van der Waals surface area contributed by atoms with Crippen molar-refractivity contribution in [3.05, 3.63) is 70.9 Å². The van der Waals surface area contributed by atoms with Crippen LogP contribution in [0.2, 0.25) is 0 Å². The van der Waals surface area contributed by atoms with Gasteiger partial charge < -0.3 is 9.72 Å². The lowest BCUT2D eigenvalue weighted by Crippen LogP contribution is -2.08. The van der Waals surface area contributed by atoms with Gasteiger partial charge in [0.2, 0.25) is 0 Å². The van der Waals surface area contributed by atoms with Crippen LogP contribution >= 0.6 is 0 Å². The molecule has 1 heterocycles. The predicted molar refractivity (Wildman–Crippen MR) is 102 cm³/mol. The summed E-state index contributed by atoms with van der Waals surface area (Å²) in [6, 6.07) is 16.1. The molecule has 1 N–H and O–H groups in total. The van der Waals surface area contributed by atoms with E-state index in [2.05, 4.69) is 18.0 Å². The van der Waals surface area contributed by atoms with Crippen LogP contribution < -0.4 is 0 Å². The summed E-state index contributed by atoms with van der Waals surface area (Å²) in [6.07, 6.45) is 4.30. The van der Waals surface area contributed by atoms with Gasteiger partial charge in [0, 0.05) is 10.9 Å². The number of fused-ring (bicyclic) bond motifs is 1. The molecule has 0 saturated carbocycles. The number of unbranched alkanes of at least 4 members (excludes halogenated alkanes) is 2. The Hall–Kier alpha value is -2.55. The number of carbonyl (C=O) groups excluding carboxylic acids is 1. The largest absolute Gasteiger partial charge is 0.456 e. The first kappa shape index (κ1) is 17.3. The van der Waals surface area contributed by atoms with Crippen molar-refractivity contribution in [1.82, 2.24) is 4.98 Å². The van der Waals surface area contributed by atoms with Crippen LogP contribution in [0.1, 0.15) is 53.4 Å². The zero-order valence-electron chi connectivity index (χ0n) is 15.0. The Morgan fingerprint density at radius 3 is 2.56 bits per heavy atom. The quantitative estimate of drug-likeness (QED) is 0.453. The van der Waals surface area contributed by atoms with E-state index in [1.54, 1.807) is 0 Å². The smallest absolute Gasteiger partial charge is 0.355 e. The average Bonchev–Trinajstić information content (AvgIpc) is 3.00. The average molecular weight is 335 g/mol. The maximum Gasteiger partial charge on any atom is 0.355 e. The summed E-state index contributed by atoms with van der Waals surface area (Å²) in [7, 11) is 0. The van der Waals surface area contributed by atoms with Crippen LogP contribution in [0.4, 0.5) is 0 Å². The SMILES string of the molecule is CCCCCc1c(C(=O)OCc2ccc(C)cc2)[nH]c2ccccc12. The first-order valence-electron chi connectivity index (χ1n) is 9.01. The van der Waals surface area contributed by atoms with E-state index in [1.807, 2.05) is 49.4 Å². The van der Waals surface area contributed by atoms with Crippen LogP contribution in [0, 0.1) is 6.92 Å². The molecule has 0 unspecified atom stereocenters. The van der Waals surface area contributed by atoms with Gasteiger partial charge in [0.05, 0.1) is 0 Å². The summed E-state index contributed by atoms with van der Waals surface area (Å²) < 4.78 is 5.56. The van der Waals surface area contributed by atoms with Crippen molar-refractivity contribution < 1.29 is 9.53 Å². The van der Waals surface area contributed by atoms with Crippen LogP contribution in [0.3, 0.4) is 0 Å². The normalized spacial score (nSPS) is 11.0. The minimum atomic E-state index is -0.275. The Bertz CT molecular complexity index is 846. The number of hydrogen-bond acceptors (Lipinski definition) is 2. The zero-order valence-corrected chi connectivity index (χ0v) is 15.0. The molecule has 0 aliphatic rings. The minimum Gasteiger partial charge on any atom is -0.456 e. The number of aromatic nitrogens is 1. The van der Waals surface area contributed by atoms with Gasteiger partial charge in [0.15, 0.2) is 0 Å². The Morgan fingerprint density at radius 2 is 1.80 bits per heavy atom. The molecule has 0 fully saturated rings. The number of rotatable bonds is 7. The van der Waals surface area contributed by atoms with E-state index < -0.39 is 0 Å². The van der Waals surface area contributed by atoms with E-state index in [4.69, 9.17) is 4.74 Å². The molecule has 1 aromatic heterocycles. The van der Waals surface area contributed by atoms with E-state index in [-0.39, 0.29) is 5.97 Å².